The van der Waals surface area contributed by atoms with E-state index in [2.05, 4.69) is 6.92 Å². The maximum absolute atomic E-state index is 5.27. The molecule has 0 atom stereocenters. The number of nitrogens with two attached hydrogens (primary N) is 2. The molecule has 0 radical (unpaired) electrons. The average molecular weight is 132 g/mol. The quantitative estimate of drug-likeness (QED) is 0.410. The summed E-state index contributed by atoms with van der Waals surface area (Å²) in [5, 5.41) is 0. The first-order valence-corrected chi connectivity index (χ1v) is 3.36. The zero-order valence-electron chi connectivity index (χ0n) is 5.97. The van der Waals surface area contributed by atoms with Crippen LogP contribution in [0.15, 0.2) is 0 Å². The van der Waals surface area contributed by atoms with Gasteiger partial charge in [-0.05, 0) is 12.8 Å². The highest BCUT2D eigenvalue weighted by Crippen LogP contribution is 1.84. The van der Waals surface area contributed by atoms with Crippen LogP contribution < -0.4 is 11.5 Å². The molecule has 0 aromatic rings. The largest absolute Gasteiger partial charge is 0.381 e. The number of ether oxygens (including phenoxy) is 1. The third kappa shape index (κ3) is 7.88. The van der Waals surface area contributed by atoms with Crippen molar-refractivity contribution in [3.05, 3.63) is 0 Å². The Morgan fingerprint density at radius 2 is 2.00 bits per heavy atom. The van der Waals surface area contributed by atoms with Crippen molar-refractivity contribution in [2.75, 3.05) is 13.2 Å². The van der Waals surface area contributed by atoms with Crippen LogP contribution in [0.4, 0.5) is 0 Å². The summed E-state index contributed by atoms with van der Waals surface area (Å²) in [5.74, 6) is 0. The highest BCUT2D eigenvalue weighted by atomic mass is 16.5. The maximum Gasteiger partial charge on any atom is 0.0543 e. The summed E-state index contributed by atoms with van der Waals surface area (Å²) in [6.07, 6.45) is 1.58. The summed E-state index contributed by atoms with van der Waals surface area (Å²) >= 11 is 0. The van der Waals surface area contributed by atoms with E-state index in [1.807, 2.05) is 0 Å². The van der Waals surface area contributed by atoms with Crippen LogP contribution in [-0.4, -0.2) is 19.4 Å². The van der Waals surface area contributed by atoms with Crippen molar-refractivity contribution in [3.63, 3.8) is 0 Å². The molecule has 4 N–H and O–H groups in total. The van der Waals surface area contributed by atoms with Gasteiger partial charge in [0.1, 0.15) is 0 Å². The summed E-state index contributed by atoms with van der Waals surface area (Å²) in [4.78, 5) is 0. The summed E-state index contributed by atoms with van der Waals surface area (Å²) in [5.41, 5.74) is 10.5. The van der Waals surface area contributed by atoms with Crippen LogP contribution in [-0.2, 0) is 4.74 Å². The van der Waals surface area contributed by atoms with E-state index in [1.165, 1.54) is 0 Å². The van der Waals surface area contributed by atoms with Gasteiger partial charge in [-0.2, -0.15) is 0 Å². The molecule has 0 saturated carbocycles. The van der Waals surface area contributed by atoms with Crippen molar-refractivity contribution in [2.24, 2.45) is 11.5 Å². The van der Waals surface area contributed by atoms with Crippen LogP contribution in [0.5, 0.6) is 0 Å². The Kier molecular flexibility index (Phi) is 5.93. The van der Waals surface area contributed by atoms with Crippen molar-refractivity contribution in [3.8, 4) is 0 Å². The van der Waals surface area contributed by atoms with Crippen LogP contribution in [0, 0.1) is 0 Å². The van der Waals surface area contributed by atoms with Gasteiger partial charge in [0.2, 0.25) is 0 Å². The minimum atomic E-state index is -0.221. The monoisotopic (exact) mass is 132 g/mol. The maximum atomic E-state index is 5.27. The Morgan fingerprint density at radius 3 is 2.44 bits per heavy atom. The predicted molar refractivity (Wildman–Crippen MR) is 37.9 cm³/mol. The Bertz CT molecular complexity index is 57.0. The van der Waals surface area contributed by atoms with Gasteiger partial charge in [0, 0.05) is 13.2 Å². The molecule has 0 aromatic heterocycles. The lowest BCUT2D eigenvalue weighted by atomic mass is 10.4. The van der Waals surface area contributed by atoms with E-state index in [0.29, 0.717) is 6.61 Å². The van der Waals surface area contributed by atoms with E-state index >= 15 is 0 Å². The first-order chi connectivity index (χ1) is 4.27. The van der Waals surface area contributed by atoms with Crippen LogP contribution in [0.3, 0.4) is 0 Å². The van der Waals surface area contributed by atoms with E-state index in [9.17, 15) is 0 Å². The zero-order chi connectivity index (χ0) is 7.11. The fraction of sp³-hybridized carbons (Fsp3) is 1.00. The number of hydrogen-bond donors (Lipinski definition) is 2. The molecule has 0 spiro atoms. The molecular weight excluding hydrogens is 116 g/mol. The smallest absolute Gasteiger partial charge is 0.0543 e. The predicted octanol–water partition coefficient (Wildman–Crippen LogP) is 0.0466. The first-order valence-electron chi connectivity index (χ1n) is 3.36. The average Bonchev–Trinajstić information content (AvgIpc) is 1.80. The molecule has 0 bridgehead atoms. The topological polar surface area (TPSA) is 61.3 Å². The van der Waals surface area contributed by atoms with Crippen LogP contribution >= 0.6 is 0 Å². The van der Waals surface area contributed by atoms with Gasteiger partial charge in [-0.3, -0.25) is 0 Å². The highest BCUT2D eigenvalue weighted by Gasteiger charge is 1.91. The summed E-state index contributed by atoms with van der Waals surface area (Å²) in [6, 6.07) is 0. The number of hydrogen-bond acceptors (Lipinski definition) is 3. The molecule has 9 heavy (non-hydrogen) atoms. The molecule has 56 valence electrons. The summed E-state index contributed by atoms with van der Waals surface area (Å²) in [6.45, 7) is 3.57. The first kappa shape index (κ1) is 8.88. The van der Waals surface area contributed by atoms with Crippen LogP contribution in [0.2, 0.25) is 0 Å². The molecule has 0 rings (SSSR count). The molecule has 0 saturated heterocycles. The lowest BCUT2D eigenvalue weighted by Gasteiger charge is -2.04. The molecule has 0 aliphatic carbocycles. The van der Waals surface area contributed by atoms with E-state index in [1.54, 1.807) is 0 Å². The SMILES string of the molecule is CCCOCCC(N)N. The number of rotatable bonds is 5. The Balaban J connectivity index is 2.75. The van der Waals surface area contributed by atoms with E-state index in [4.69, 9.17) is 16.2 Å². The molecule has 0 aromatic carbocycles. The molecule has 0 amide bonds. The van der Waals surface area contributed by atoms with Crippen LogP contribution in [0.1, 0.15) is 19.8 Å². The zero-order valence-corrected chi connectivity index (χ0v) is 5.97. The van der Waals surface area contributed by atoms with Gasteiger partial charge in [0.25, 0.3) is 0 Å². The molecule has 0 fully saturated rings. The van der Waals surface area contributed by atoms with Crippen molar-refractivity contribution in [1.29, 1.82) is 0 Å². The Hall–Kier alpha value is -0.120. The normalized spacial score (nSPS) is 10.7. The van der Waals surface area contributed by atoms with Gasteiger partial charge >= 0.3 is 0 Å². The molecule has 0 unspecified atom stereocenters. The van der Waals surface area contributed by atoms with Gasteiger partial charge < -0.3 is 16.2 Å². The van der Waals surface area contributed by atoms with Gasteiger partial charge in [-0.1, -0.05) is 6.92 Å². The minimum absolute atomic E-state index is 0.221. The lowest BCUT2D eigenvalue weighted by Crippen LogP contribution is -2.31. The van der Waals surface area contributed by atoms with Gasteiger partial charge in [0.05, 0.1) is 6.17 Å². The lowest BCUT2D eigenvalue weighted by molar-refractivity contribution is 0.128. The summed E-state index contributed by atoms with van der Waals surface area (Å²) < 4.78 is 5.13. The van der Waals surface area contributed by atoms with Crippen molar-refractivity contribution in [1.82, 2.24) is 0 Å². The van der Waals surface area contributed by atoms with E-state index < -0.39 is 0 Å². The van der Waals surface area contributed by atoms with Gasteiger partial charge in [0.15, 0.2) is 0 Å². The molecule has 0 aliphatic rings. The third-order valence-electron chi connectivity index (χ3n) is 0.944. The van der Waals surface area contributed by atoms with Crippen molar-refractivity contribution >= 4 is 0 Å². The second kappa shape index (κ2) is 6.01. The fourth-order valence-electron chi connectivity index (χ4n) is 0.466. The minimum Gasteiger partial charge on any atom is -0.381 e. The second-order valence-electron chi connectivity index (χ2n) is 2.06. The van der Waals surface area contributed by atoms with E-state index in [-0.39, 0.29) is 6.17 Å². The fourth-order valence-corrected chi connectivity index (χ4v) is 0.466. The summed E-state index contributed by atoms with van der Waals surface area (Å²) in [7, 11) is 0. The molecule has 3 heteroatoms. The Morgan fingerprint density at radius 1 is 1.33 bits per heavy atom. The third-order valence-corrected chi connectivity index (χ3v) is 0.944. The van der Waals surface area contributed by atoms with Gasteiger partial charge in [-0.15, -0.1) is 0 Å². The highest BCUT2D eigenvalue weighted by molar-refractivity contribution is 4.47. The molecule has 0 aliphatic heterocycles. The molecule has 0 heterocycles. The van der Waals surface area contributed by atoms with E-state index in [0.717, 1.165) is 19.4 Å². The van der Waals surface area contributed by atoms with Crippen LogP contribution in [0.25, 0.3) is 0 Å². The Labute approximate surface area is 56.4 Å². The molecular formula is C6H16N2O. The van der Waals surface area contributed by atoms with Gasteiger partial charge in [-0.25, -0.2) is 0 Å². The van der Waals surface area contributed by atoms with Crippen molar-refractivity contribution in [2.45, 2.75) is 25.9 Å². The standard InChI is InChI=1S/C6H16N2O/c1-2-4-9-5-3-6(7)8/h6H,2-5,7-8H2,1H3. The second-order valence-corrected chi connectivity index (χ2v) is 2.06. The van der Waals surface area contributed by atoms with Crippen molar-refractivity contribution < 1.29 is 4.74 Å². The molecule has 3 nitrogen and oxygen atoms in total.